The second kappa shape index (κ2) is 2.96. The molecular weight excluding hydrogens is 196 g/mol. The molecule has 10 heavy (non-hydrogen) atoms. The fourth-order valence-electron chi connectivity index (χ4n) is 0.683. The first-order chi connectivity index (χ1) is 4.74. The fourth-order valence-corrected chi connectivity index (χ4v) is 1.10. The Balaban J connectivity index is 2.81. The molecule has 1 aliphatic heterocycles. The Bertz CT molecular complexity index is 210. The first kappa shape index (κ1) is 7.47. The zero-order chi connectivity index (χ0) is 7.56. The zero-order valence-corrected chi connectivity index (χ0v) is 7.05. The Hall–Kier alpha value is -0.640. The zero-order valence-electron chi connectivity index (χ0n) is 5.47. The van der Waals surface area contributed by atoms with E-state index in [1.165, 1.54) is 0 Å². The van der Waals surface area contributed by atoms with Crippen LogP contribution in [0, 0.1) is 5.53 Å². The number of rotatable bonds is 1. The Kier molecular flexibility index (Phi) is 2.21. The molecular formula is C6H7BrN2O. The highest BCUT2D eigenvalue weighted by molar-refractivity contribution is 9.11. The van der Waals surface area contributed by atoms with E-state index < -0.39 is 0 Å². The number of ether oxygens (including phenoxy) is 1. The Morgan fingerprint density at radius 2 is 2.40 bits per heavy atom. The van der Waals surface area contributed by atoms with Gasteiger partial charge in [-0.1, -0.05) is 0 Å². The minimum atomic E-state index is -0.114. The van der Waals surface area contributed by atoms with Crippen molar-refractivity contribution in [2.75, 3.05) is 0 Å². The largest absolute Gasteiger partial charge is 0.478 e. The van der Waals surface area contributed by atoms with Gasteiger partial charge in [0.15, 0.2) is 4.67 Å². The van der Waals surface area contributed by atoms with Gasteiger partial charge >= 0.3 is 0 Å². The summed E-state index contributed by atoms with van der Waals surface area (Å²) in [6, 6.07) is 0. The van der Waals surface area contributed by atoms with Crippen LogP contribution >= 0.6 is 15.9 Å². The van der Waals surface area contributed by atoms with E-state index >= 15 is 0 Å². The average molecular weight is 203 g/mol. The van der Waals surface area contributed by atoms with Crippen LogP contribution in [-0.4, -0.2) is 6.10 Å². The van der Waals surface area contributed by atoms with Gasteiger partial charge in [-0.25, -0.2) is 5.53 Å². The molecule has 1 aliphatic rings. The highest BCUT2D eigenvalue weighted by atomic mass is 79.9. The lowest BCUT2D eigenvalue weighted by Crippen LogP contribution is -2.10. The summed E-state index contributed by atoms with van der Waals surface area (Å²) in [6.45, 7) is 1.85. The van der Waals surface area contributed by atoms with E-state index in [2.05, 4.69) is 21.0 Å². The van der Waals surface area contributed by atoms with Crippen molar-refractivity contribution in [3.63, 3.8) is 0 Å². The summed E-state index contributed by atoms with van der Waals surface area (Å²) in [4.78, 5) is 0. The smallest absolute Gasteiger partial charge is 0.163 e. The highest BCUT2D eigenvalue weighted by Crippen LogP contribution is 2.21. The van der Waals surface area contributed by atoms with Crippen molar-refractivity contribution in [1.29, 1.82) is 5.53 Å². The van der Waals surface area contributed by atoms with Crippen LogP contribution in [0.25, 0.3) is 0 Å². The van der Waals surface area contributed by atoms with Crippen LogP contribution in [0.5, 0.6) is 0 Å². The van der Waals surface area contributed by atoms with Crippen LogP contribution in [0.2, 0.25) is 0 Å². The lowest BCUT2D eigenvalue weighted by molar-refractivity contribution is 0.179. The third-order valence-electron chi connectivity index (χ3n) is 1.22. The van der Waals surface area contributed by atoms with Crippen molar-refractivity contribution in [2.24, 2.45) is 5.11 Å². The molecule has 0 aliphatic carbocycles. The fraction of sp³-hybridized carbons (Fsp3) is 0.333. The molecule has 0 aromatic rings. The molecule has 54 valence electrons. The molecule has 3 nitrogen and oxygen atoms in total. The number of nitrogens with one attached hydrogen (secondary N) is 1. The summed E-state index contributed by atoms with van der Waals surface area (Å²) in [7, 11) is 0. The molecule has 0 amide bonds. The Morgan fingerprint density at radius 3 is 2.90 bits per heavy atom. The lowest BCUT2D eigenvalue weighted by atomic mass is 10.2. The average Bonchev–Trinajstić information content (AvgIpc) is 1.88. The minimum absolute atomic E-state index is 0.114. The summed E-state index contributed by atoms with van der Waals surface area (Å²) in [5.74, 6) is 0. The molecule has 0 saturated carbocycles. The van der Waals surface area contributed by atoms with Crippen molar-refractivity contribution in [3.05, 3.63) is 22.5 Å². The highest BCUT2D eigenvalue weighted by Gasteiger charge is 2.12. The molecule has 1 N–H and O–H groups in total. The summed E-state index contributed by atoms with van der Waals surface area (Å²) in [5, 5.41) is 3.28. The van der Waals surface area contributed by atoms with E-state index in [-0.39, 0.29) is 6.10 Å². The maximum absolute atomic E-state index is 6.73. The van der Waals surface area contributed by atoms with Crippen LogP contribution in [0.15, 0.2) is 27.6 Å². The minimum Gasteiger partial charge on any atom is -0.478 e. The van der Waals surface area contributed by atoms with Crippen molar-refractivity contribution in [1.82, 2.24) is 0 Å². The van der Waals surface area contributed by atoms with Gasteiger partial charge in [-0.3, -0.25) is 0 Å². The third-order valence-corrected chi connectivity index (χ3v) is 1.67. The monoisotopic (exact) mass is 202 g/mol. The molecule has 0 saturated heterocycles. The van der Waals surface area contributed by atoms with Crippen molar-refractivity contribution in [3.8, 4) is 0 Å². The van der Waals surface area contributed by atoms with E-state index in [4.69, 9.17) is 10.3 Å². The molecule has 1 rings (SSSR count). The third kappa shape index (κ3) is 1.44. The van der Waals surface area contributed by atoms with E-state index in [9.17, 15) is 0 Å². The number of allylic oxidation sites excluding steroid dienone is 2. The number of halogens is 1. The number of nitrogens with zero attached hydrogens (tertiary/aromatic N) is 1. The normalized spacial score (nSPS) is 24.4. The van der Waals surface area contributed by atoms with Gasteiger partial charge in [0.05, 0.1) is 0 Å². The standard InChI is InChI=1S/C6H7BrN2O/c1-4-5(9-8)2-3-6(7)10-4/h2-4,8H,1H3. The van der Waals surface area contributed by atoms with Crippen LogP contribution in [0.1, 0.15) is 6.92 Å². The summed E-state index contributed by atoms with van der Waals surface area (Å²) in [5.41, 5.74) is 7.37. The summed E-state index contributed by atoms with van der Waals surface area (Å²) < 4.78 is 5.87. The number of hydrogen-bond acceptors (Lipinski definition) is 3. The quantitative estimate of drug-likeness (QED) is 0.654. The van der Waals surface area contributed by atoms with Gasteiger partial charge in [-0.2, -0.15) is 5.11 Å². The Labute approximate surface area is 67.4 Å². The number of hydrogen-bond donors (Lipinski definition) is 1. The first-order valence-corrected chi connectivity index (χ1v) is 3.65. The maximum Gasteiger partial charge on any atom is 0.163 e. The topological polar surface area (TPSA) is 45.4 Å². The molecule has 1 heterocycles. The molecule has 4 heteroatoms. The summed E-state index contributed by atoms with van der Waals surface area (Å²) >= 11 is 3.18. The second-order valence-corrected chi connectivity index (χ2v) is 2.72. The van der Waals surface area contributed by atoms with Gasteiger partial charge in [0.1, 0.15) is 11.8 Å². The second-order valence-electron chi connectivity index (χ2n) is 1.93. The van der Waals surface area contributed by atoms with Crippen molar-refractivity contribution >= 4 is 15.9 Å². The van der Waals surface area contributed by atoms with Gasteiger partial charge < -0.3 is 4.74 Å². The molecule has 0 aromatic carbocycles. The van der Waals surface area contributed by atoms with E-state index in [0.717, 1.165) is 0 Å². The molecule has 0 radical (unpaired) electrons. The predicted molar refractivity (Wildman–Crippen MR) is 40.8 cm³/mol. The van der Waals surface area contributed by atoms with Crippen LogP contribution in [0.4, 0.5) is 0 Å². The SMILES string of the molecule is CC1OC(Br)=CC=C1N=N. The van der Waals surface area contributed by atoms with Gasteiger partial charge in [0.2, 0.25) is 0 Å². The molecule has 1 atom stereocenters. The van der Waals surface area contributed by atoms with E-state index in [1.807, 2.05) is 6.92 Å². The van der Waals surface area contributed by atoms with E-state index in [1.54, 1.807) is 12.2 Å². The van der Waals surface area contributed by atoms with Crippen molar-refractivity contribution in [2.45, 2.75) is 13.0 Å². The molecule has 0 bridgehead atoms. The first-order valence-electron chi connectivity index (χ1n) is 2.85. The van der Waals surface area contributed by atoms with Gasteiger partial charge in [0, 0.05) is 0 Å². The molecule has 0 aromatic heterocycles. The lowest BCUT2D eigenvalue weighted by Gasteiger charge is -2.16. The van der Waals surface area contributed by atoms with E-state index in [0.29, 0.717) is 10.4 Å². The molecule has 0 spiro atoms. The van der Waals surface area contributed by atoms with Gasteiger partial charge in [-0.05, 0) is 35.0 Å². The molecule has 1 unspecified atom stereocenters. The maximum atomic E-state index is 6.73. The van der Waals surface area contributed by atoms with Gasteiger partial charge in [-0.15, -0.1) is 0 Å². The van der Waals surface area contributed by atoms with Crippen LogP contribution in [0.3, 0.4) is 0 Å². The van der Waals surface area contributed by atoms with Crippen LogP contribution < -0.4 is 0 Å². The van der Waals surface area contributed by atoms with Gasteiger partial charge in [0.25, 0.3) is 0 Å². The molecule has 0 fully saturated rings. The summed E-state index contributed by atoms with van der Waals surface area (Å²) in [6.07, 6.45) is 3.37. The van der Waals surface area contributed by atoms with Crippen LogP contribution in [-0.2, 0) is 4.74 Å². The van der Waals surface area contributed by atoms with Crippen molar-refractivity contribution < 1.29 is 4.74 Å². The predicted octanol–water partition coefficient (Wildman–Crippen LogP) is 2.56. The Morgan fingerprint density at radius 1 is 1.70 bits per heavy atom.